The molecule has 0 unspecified atom stereocenters. The second-order valence-electron chi connectivity index (χ2n) is 5.88. The van der Waals surface area contributed by atoms with Gasteiger partial charge in [0.2, 0.25) is 0 Å². The number of carbonyl (C=O) groups excluding carboxylic acids is 1. The van der Waals surface area contributed by atoms with E-state index < -0.39 is 0 Å². The number of amides is 1. The number of benzene rings is 2. The molecule has 0 spiro atoms. The minimum atomic E-state index is -0.0397. The number of hydrogen-bond acceptors (Lipinski definition) is 4. The SMILES string of the molecule is COc1ccc(CNNCc2ccc(C(=O)NC(C)C)cc2)cc1. The van der Waals surface area contributed by atoms with Gasteiger partial charge in [-0.1, -0.05) is 24.3 Å². The summed E-state index contributed by atoms with van der Waals surface area (Å²) in [5, 5.41) is 2.88. The molecule has 0 saturated heterocycles. The van der Waals surface area contributed by atoms with Gasteiger partial charge in [0.05, 0.1) is 7.11 Å². The molecule has 0 atom stereocenters. The molecule has 0 radical (unpaired) electrons. The Morgan fingerprint density at radius 3 is 1.88 bits per heavy atom. The maximum Gasteiger partial charge on any atom is 0.251 e. The summed E-state index contributed by atoms with van der Waals surface area (Å²) in [4.78, 5) is 11.9. The zero-order valence-corrected chi connectivity index (χ0v) is 14.4. The number of hydrogen-bond donors (Lipinski definition) is 3. The topological polar surface area (TPSA) is 62.4 Å². The molecule has 0 saturated carbocycles. The lowest BCUT2D eigenvalue weighted by molar-refractivity contribution is 0.0943. The highest BCUT2D eigenvalue weighted by Gasteiger charge is 2.06. The lowest BCUT2D eigenvalue weighted by Gasteiger charge is -2.10. The molecular weight excluding hydrogens is 302 g/mol. The van der Waals surface area contributed by atoms with Gasteiger partial charge in [0.15, 0.2) is 0 Å². The molecule has 5 heteroatoms. The Bertz CT molecular complexity index is 637. The summed E-state index contributed by atoms with van der Waals surface area (Å²) in [6.45, 7) is 5.30. The van der Waals surface area contributed by atoms with E-state index in [9.17, 15) is 4.79 Å². The van der Waals surface area contributed by atoms with Gasteiger partial charge in [-0.15, -0.1) is 0 Å². The second kappa shape index (κ2) is 9.05. The van der Waals surface area contributed by atoms with Crippen LogP contribution < -0.4 is 20.9 Å². The molecule has 0 fully saturated rings. The van der Waals surface area contributed by atoms with Gasteiger partial charge < -0.3 is 10.1 Å². The Morgan fingerprint density at radius 2 is 1.42 bits per heavy atom. The van der Waals surface area contributed by atoms with Gasteiger partial charge in [0, 0.05) is 24.7 Å². The maximum absolute atomic E-state index is 11.9. The standard InChI is InChI=1S/C19H25N3O2/c1-14(2)22-19(23)17-8-4-15(5-9-17)12-20-21-13-16-6-10-18(24-3)11-7-16/h4-11,14,20-21H,12-13H2,1-3H3,(H,22,23). The molecular formula is C19H25N3O2. The molecule has 1 amide bonds. The Balaban J connectivity index is 1.75. The summed E-state index contributed by atoms with van der Waals surface area (Å²) in [7, 11) is 1.66. The minimum absolute atomic E-state index is 0.0397. The molecule has 128 valence electrons. The van der Waals surface area contributed by atoms with Gasteiger partial charge in [-0.25, -0.2) is 0 Å². The highest BCUT2D eigenvalue weighted by atomic mass is 16.5. The first-order valence-electron chi connectivity index (χ1n) is 8.07. The Hall–Kier alpha value is -2.37. The molecule has 24 heavy (non-hydrogen) atoms. The minimum Gasteiger partial charge on any atom is -0.497 e. The third-order valence-corrected chi connectivity index (χ3v) is 3.50. The third kappa shape index (κ3) is 5.68. The van der Waals surface area contributed by atoms with Crippen LogP contribution in [0.3, 0.4) is 0 Å². The average molecular weight is 327 g/mol. The second-order valence-corrected chi connectivity index (χ2v) is 5.88. The monoisotopic (exact) mass is 327 g/mol. The number of hydrazine groups is 1. The van der Waals surface area contributed by atoms with Crippen LogP contribution in [0.4, 0.5) is 0 Å². The number of ether oxygens (including phenoxy) is 1. The van der Waals surface area contributed by atoms with E-state index in [1.807, 2.05) is 62.4 Å². The predicted molar refractivity (Wildman–Crippen MR) is 95.7 cm³/mol. The van der Waals surface area contributed by atoms with Crippen molar-refractivity contribution in [1.29, 1.82) is 0 Å². The van der Waals surface area contributed by atoms with Crippen molar-refractivity contribution in [2.45, 2.75) is 33.0 Å². The summed E-state index contributed by atoms with van der Waals surface area (Å²) in [6, 6.07) is 15.7. The van der Waals surface area contributed by atoms with Gasteiger partial charge in [-0.3, -0.25) is 15.6 Å². The van der Waals surface area contributed by atoms with Gasteiger partial charge in [0.1, 0.15) is 5.75 Å². The molecule has 2 aromatic carbocycles. The van der Waals surface area contributed by atoms with Crippen LogP contribution >= 0.6 is 0 Å². The Kier molecular flexibility index (Phi) is 6.78. The maximum atomic E-state index is 11.9. The molecule has 2 aromatic rings. The number of carbonyl (C=O) groups is 1. The van der Waals surface area contributed by atoms with Crippen LogP contribution in [0.25, 0.3) is 0 Å². The van der Waals surface area contributed by atoms with Crippen LogP contribution in [0.2, 0.25) is 0 Å². The number of nitrogens with one attached hydrogen (secondary N) is 3. The largest absolute Gasteiger partial charge is 0.497 e. The molecule has 0 heterocycles. The van der Waals surface area contributed by atoms with E-state index in [1.54, 1.807) is 7.11 Å². The number of rotatable bonds is 8. The average Bonchev–Trinajstić information content (AvgIpc) is 2.59. The van der Waals surface area contributed by atoms with E-state index in [1.165, 1.54) is 5.56 Å². The van der Waals surface area contributed by atoms with E-state index in [-0.39, 0.29) is 11.9 Å². The van der Waals surface area contributed by atoms with Crippen molar-refractivity contribution in [3.63, 3.8) is 0 Å². The predicted octanol–water partition coefficient (Wildman–Crippen LogP) is 2.63. The van der Waals surface area contributed by atoms with E-state index >= 15 is 0 Å². The summed E-state index contributed by atoms with van der Waals surface area (Å²) in [5.74, 6) is 0.815. The first kappa shape index (κ1) is 18.0. The fourth-order valence-electron chi connectivity index (χ4n) is 2.19. The van der Waals surface area contributed by atoms with Crippen LogP contribution in [0, 0.1) is 0 Å². The Labute approximate surface area is 143 Å². The van der Waals surface area contributed by atoms with Crippen LogP contribution in [0.15, 0.2) is 48.5 Å². The van der Waals surface area contributed by atoms with Crippen LogP contribution in [-0.4, -0.2) is 19.1 Å². The van der Waals surface area contributed by atoms with Crippen molar-refractivity contribution < 1.29 is 9.53 Å². The van der Waals surface area contributed by atoms with Crippen molar-refractivity contribution in [3.05, 3.63) is 65.2 Å². The van der Waals surface area contributed by atoms with E-state index in [0.717, 1.165) is 17.9 Å². The highest BCUT2D eigenvalue weighted by Crippen LogP contribution is 2.10. The fraction of sp³-hybridized carbons (Fsp3) is 0.316. The van der Waals surface area contributed by atoms with Crippen molar-refractivity contribution in [1.82, 2.24) is 16.2 Å². The molecule has 0 bridgehead atoms. The quantitative estimate of drug-likeness (QED) is 0.515. The lowest BCUT2D eigenvalue weighted by atomic mass is 10.1. The molecule has 5 nitrogen and oxygen atoms in total. The molecule has 0 aliphatic rings. The van der Waals surface area contributed by atoms with E-state index in [2.05, 4.69) is 16.2 Å². The van der Waals surface area contributed by atoms with Gasteiger partial charge >= 0.3 is 0 Å². The van der Waals surface area contributed by atoms with Gasteiger partial charge in [-0.2, -0.15) is 0 Å². The summed E-state index contributed by atoms with van der Waals surface area (Å²) >= 11 is 0. The lowest BCUT2D eigenvalue weighted by Crippen LogP contribution is -2.31. The van der Waals surface area contributed by atoms with Gasteiger partial charge in [-0.05, 0) is 49.2 Å². The Morgan fingerprint density at radius 1 is 0.917 bits per heavy atom. The zero-order valence-electron chi connectivity index (χ0n) is 14.4. The van der Waals surface area contributed by atoms with Crippen molar-refractivity contribution >= 4 is 5.91 Å². The molecule has 2 rings (SSSR count). The molecule has 3 N–H and O–H groups in total. The van der Waals surface area contributed by atoms with E-state index in [0.29, 0.717) is 12.1 Å². The normalized spacial score (nSPS) is 10.7. The van der Waals surface area contributed by atoms with Crippen LogP contribution in [-0.2, 0) is 13.1 Å². The van der Waals surface area contributed by atoms with Gasteiger partial charge in [0.25, 0.3) is 5.91 Å². The van der Waals surface area contributed by atoms with Crippen molar-refractivity contribution in [3.8, 4) is 5.75 Å². The summed E-state index contributed by atoms with van der Waals surface area (Å²) in [5.41, 5.74) is 9.32. The molecule has 0 aliphatic carbocycles. The van der Waals surface area contributed by atoms with Crippen LogP contribution in [0.1, 0.15) is 35.3 Å². The fourth-order valence-corrected chi connectivity index (χ4v) is 2.19. The summed E-state index contributed by atoms with van der Waals surface area (Å²) in [6.07, 6.45) is 0. The van der Waals surface area contributed by atoms with E-state index in [4.69, 9.17) is 4.74 Å². The third-order valence-electron chi connectivity index (χ3n) is 3.50. The first-order valence-corrected chi connectivity index (χ1v) is 8.07. The highest BCUT2D eigenvalue weighted by molar-refractivity contribution is 5.94. The number of methoxy groups -OCH3 is 1. The zero-order chi connectivity index (χ0) is 17.4. The molecule has 0 aliphatic heterocycles. The first-order chi connectivity index (χ1) is 11.6. The van der Waals surface area contributed by atoms with Crippen molar-refractivity contribution in [2.75, 3.05) is 7.11 Å². The van der Waals surface area contributed by atoms with Crippen molar-refractivity contribution in [2.24, 2.45) is 0 Å². The van der Waals surface area contributed by atoms with Crippen LogP contribution in [0.5, 0.6) is 5.75 Å². The molecule has 0 aromatic heterocycles. The smallest absolute Gasteiger partial charge is 0.251 e. The summed E-state index contributed by atoms with van der Waals surface area (Å²) < 4.78 is 5.14.